The van der Waals surface area contributed by atoms with Gasteiger partial charge in [-0.3, -0.25) is 4.79 Å². The van der Waals surface area contributed by atoms with E-state index >= 15 is 0 Å². The van der Waals surface area contributed by atoms with Crippen molar-refractivity contribution in [2.45, 2.75) is 25.7 Å². The minimum Gasteiger partial charge on any atom is -0.481 e. The number of hydrogen-bond acceptors (Lipinski definition) is 4. The molecule has 0 aromatic rings. The first-order valence-corrected chi connectivity index (χ1v) is 7.46. The molecule has 0 spiro atoms. The molecule has 0 aromatic heterocycles. The highest BCUT2D eigenvalue weighted by Crippen LogP contribution is 2.08. The molecule has 0 bridgehead atoms. The lowest BCUT2D eigenvalue weighted by atomic mass is 10.1. The molecule has 1 heterocycles. The second kappa shape index (κ2) is 6.20. The number of sulfone groups is 1. The Morgan fingerprint density at radius 1 is 1.12 bits per heavy atom. The number of rotatable bonds is 6. The minimum absolute atomic E-state index is 0.0836. The second-order valence-electron chi connectivity index (χ2n) is 4.20. The van der Waals surface area contributed by atoms with E-state index in [4.69, 9.17) is 5.11 Å². The zero-order valence-electron chi connectivity index (χ0n) is 9.39. The van der Waals surface area contributed by atoms with Crippen molar-refractivity contribution >= 4 is 15.8 Å². The minimum atomic E-state index is -3.20. The first-order valence-electron chi connectivity index (χ1n) is 5.64. The number of aliphatic carboxylic acids is 1. The van der Waals surface area contributed by atoms with Crippen molar-refractivity contribution in [2.24, 2.45) is 0 Å². The van der Waals surface area contributed by atoms with Crippen LogP contribution in [0.5, 0.6) is 0 Å². The van der Waals surface area contributed by atoms with E-state index in [1.54, 1.807) is 0 Å². The van der Waals surface area contributed by atoms with E-state index in [2.05, 4.69) is 4.90 Å². The maximum atomic E-state index is 11.5. The molecule has 0 unspecified atom stereocenters. The van der Waals surface area contributed by atoms with Gasteiger partial charge in [0, 0.05) is 6.54 Å². The van der Waals surface area contributed by atoms with Crippen LogP contribution in [0.3, 0.4) is 0 Å². The lowest BCUT2D eigenvalue weighted by Crippen LogP contribution is -2.34. The quantitative estimate of drug-likeness (QED) is 0.735. The van der Waals surface area contributed by atoms with Gasteiger partial charge in [-0.2, -0.15) is 0 Å². The Morgan fingerprint density at radius 3 is 2.31 bits per heavy atom. The maximum Gasteiger partial charge on any atom is 0.304 e. The standard InChI is InChI=1S/C10H19NO4S/c12-10(13)4-8-16(14,15)9-7-11-5-2-1-3-6-11/h1-9H2,(H,12,13). The summed E-state index contributed by atoms with van der Waals surface area (Å²) in [5.41, 5.74) is 0. The van der Waals surface area contributed by atoms with E-state index in [-0.39, 0.29) is 17.9 Å². The molecule has 1 aliphatic heterocycles. The van der Waals surface area contributed by atoms with Gasteiger partial charge in [0.1, 0.15) is 0 Å². The maximum absolute atomic E-state index is 11.5. The summed E-state index contributed by atoms with van der Waals surface area (Å²) in [6.45, 7) is 2.48. The van der Waals surface area contributed by atoms with Gasteiger partial charge >= 0.3 is 5.97 Å². The van der Waals surface area contributed by atoms with Crippen LogP contribution in [-0.2, 0) is 14.6 Å². The molecule has 0 aliphatic carbocycles. The molecule has 0 saturated carbocycles. The first kappa shape index (κ1) is 13.4. The predicted octanol–water partition coefficient (Wildman–Crippen LogP) is 0.362. The molecule has 6 heteroatoms. The van der Waals surface area contributed by atoms with Crippen LogP contribution in [0.15, 0.2) is 0 Å². The van der Waals surface area contributed by atoms with Crippen LogP contribution < -0.4 is 0 Å². The number of piperidine rings is 1. The summed E-state index contributed by atoms with van der Waals surface area (Å²) < 4.78 is 23.0. The number of carbonyl (C=O) groups is 1. The summed E-state index contributed by atoms with van der Waals surface area (Å²) in [5.74, 6) is -1.21. The topological polar surface area (TPSA) is 74.7 Å². The van der Waals surface area contributed by atoms with Crippen LogP contribution in [0.2, 0.25) is 0 Å². The van der Waals surface area contributed by atoms with Crippen LogP contribution in [0.25, 0.3) is 0 Å². The molecule has 1 aliphatic rings. The monoisotopic (exact) mass is 249 g/mol. The van der Waals surface area contributed by atoms with Crippen LogP contribution in [0.4, 0.5) is 0 Å². The SMILES string of the molecule is O=C(O)CCS(=O)(=O)CCN1CCCCC1. The number of nitrogens with zero attached hydrogens (tertiary/aromatic N) is 1. The molecule has 94 valence electrons. The van der Waals surface area contributed by atoms with Gasteiger partial charge in [0.2, 0.25) is 0 Å². The van der Waals surface area contributed by atoms with Gasteiger partial charge in [-0.15, -0.1) is 0 Å². The fraction of sp³-hybridized carbons (Fsp3) is 0.900. The Morgan fingerprint density at radius 2 is 1.75 bits per heavy atom. The molecule has 0 radical (unpaired) electrons. The summed E-state index contributed by atoms with van der Waals surface area (Å²) in [7, 11) is -3.20. The van der Waals surface area contributed by atoms with Crippen molar-refractivity contribution in [1.29, 1.82) is 0 Å². The Hall–Kier alpha value is -0.620. The van der Waals surface area contributed by atoms with Crippen LogP contribution >= 0.6 is 0 Å². The van der Waals surface area contributed by atoms with Crippen molar-refractivity contribution in [2.75, 3.05) is 31.1 Å². The molecular formula is C10H19NO4S. The highest BCUT2D eigenvalue weighted by molar-refractivity contribution is 7.91. The highest BCUT2D eigenvalue weighted by atomic mass is 32.2. The average molecular weight is 249 g/mol. The molecule has 0 aromatic carbocycles. The average Bonchev–Trinajstić information content (AvgIpc) is 2.26. The van der Waals surface area contributed by atoms with Crippen molar-refractivity contribution in [3.05, 3.63) is 0 Å². The molecule has 0 atom stereocenters. The number of hydrogen-bond donors (Lipinski definition) is 1. The lowest BCUT2D eigenvalue weighted by molar-refractivity contribution is -0.136. The molecule has 1 saturated heterocycles. The van der Waals surface area contributed by atoms with Crippen molar-refractivity contribution in [3.8, 4) is 0 Å². The molecule has 5 nitrogen and oxygen atoms in total. The summed E-state index contributed by atoms with van der Waals surface area (Å²) in [4.78, 5) is 12.4. The third kappa shape index (κ3) is 5.46. The van der Waals surface area contributed by atoms with Crippen molar-refractivity contribution < 1.29 is 18.3 Å². The van der Waals surface area contributed by atoms with Gasteiger partial charge < -0.3 is 10.0 Å². The van der Waals surface area contributed by atoms with Gasteiger partial charge in [0.15, 0.2) is 9.84 Å². The summed E-state index contributed by atoms with van der Waals surface area (Å²) in [5, 5.41) is 8.42. The van der Waals surface area contributed by atoms with Gasteiger partial charge in [0.05, 0.1) is 17.9 Å². The van der Waals surface area contributed by atoms with Crippen molar-refractivity contribution in [3.63, 3.8) is 0 Å². The normalized spacial score (nSPS) is 18.5. The van der Waals surface area contributed by atoms with Crippen LogP contribution in [0.1, 0.15) is 25.7 Å². The number of likely N-dealkylation sites (tertiary alicyclic amines) is 1. The Kier molecular flexibility index (Phi) is 5.21. The smallest absolute Gasteiger partial charge is 0.304 e. The van der Waals surface area contributed by atoms with Crippen LogP contribution in [-0.4, -0.2) is 55.5 Å². The summed E-state index contributed by atoms with van der Waals surface area (Å²) in [6, 6.07) is 0. The van der Waals surface area contributed by atoms with Crippen LogP contribution in [0, 0.1) is 0 Å². The largest absolute Gasteiger partial charge is 0.481 e. The summed E-state index contributed by atoms with van der Waals surface area (Å²) >= 11 is 0. The van der Waals surface area contributed by atoms with E-state index in [0.717, 1.165) is 25.9 Å². The van der Waals surface area contributed by atoms with Crippen molar-refractivity contribution in [1.82, 2.24) is 4.90 Å². The fourth-order valence-corrected chi connectivity index (χ4v) is 3.02. The van der Waals surface area contributed by atoms with E-state index in [1.807, 2.05) is 0 Å². The molecular weight excluding hydrogens is 230 g/mol. The van der Waals surface area contributed by atoms with E-state index in [0.29, 0.717) is 6.54 Å². The predicted molar refractivity (Wildman–Crippen MR) is 61.2 cm³/mol. The third-order valence-electron chi connectivity index (χ3n) is 2.79. The molecule has 1 fully saturated rings. The zero-order chi connectivity index (χ0) is 12.0. The second-order valence-corrected chi connectivity index (χ2v) is 6.50. The number of carboxylic acids is 1. The van der Waals surface area contributed by atoms with Gasteiger partial charge in [-0.25, -0.2) is 8.42 Å². The molecule has 1 rings (SSSR count). The molecule has 16 heavy (non-hydrogen) atoms. The number of carboxylic acid groups (broad SMARTS) is 1. The Balaban J connectivity index is 2.26. The van der Waals surface area contributed by atoms with E-state index in [9.17, 15) is 13.2 Å². The lowest BCUT2D eigenvalue weighted by Gasteiger charge is -2.26. The highest BCUT2D eigenvalue weighted by Gasteiger charge is 2.16. The van der Waals surface area contributed by atoms with Gasteiger partial charge in [-0.1, -0.05) is 6.42 Å². The molecule has 1 N–H and O–H groups in total. The van der Waals surface area contributed by atoms with Gasteiger partial charge in [-0.05, 0) is 25.9 Å². The van der Waals surface area contributed by atoms with E-state index in [1.165, 1.54) is 6.42 Å². The first-order chi connectivity index (χ1) is 7.49. The van der Waals surface area contributed by atoms with E-state index < -0.39 is 15.8 Å². The summed E-state index contributed by atoms with van der Waals surface area (Å²) in [6.07, 6.45) is 3.20. The Labute approximate surface area is 96.4 Å². The molecule has 0 amide bonds. The zero-order valence-corrected chi connectivity index (χ0v) is 10.2. The fourth-order valence-electron chi connectivity index (χ4n) is 1.80. The third-order valence-corrected chi connectivity index (χ3v) is 4.42. The van der Waals surface area contributed by atoms with Gasteiger partial charge in [0.25, 0.3) is 0 Å². The Bertz CT molecular complexity index is 320.